The minimum atomic E-state index is -1.14. The lowest BCUT2D eigenvalue weighted by atomic mass is 9.98. The van der Waals surface area contributed by atoms with Gasteiger partial charge in [-0.3, -0.25) is 4.98 Å². The van der Waals surface area contributed by atoms with Crippen LogP contribution in [0.2, 0.25) is 0 Å². The number of aliphatic hydroxyl groups excluding tert-OH is 1. The van der Waals surface area contributed by atoms with Crippen LogP contribution in [0.25, 0.3) is 22.0 Å². The number of aryl methyl sites for hydroxylation is 1. The van der Waals surface area contributed by atoms with Crippen molar-refractivity contribution in [2.45, 2.75) is 19.4 Å². The number of pyridine rings is 1. The summed E-state index contributed by atoms with van der Waals surface area (Å²) in [5, 5.41) is 10.3. The first-order valence-electron chi connectivity index (χ1n) is 7.48. The first-order valence-corrected chi connectivity index (χ1v) is 7.48. The highest BCUT2D eigenvalue weighted by molar-refractivity contribution is 5.84. The zero-order valence-corrected chi connectivity index (χ0v) is 13.1. The van der Waals surface area contributed by atoms with Crippen molar-refractivity contribution in [2.75, 3.05) is 0 Å². The van der Waals surface area contributed by atoms with Gasteiger partial charge in [0.15, 0.2) is 11.6 Å². The van der Waals surface area contributed by atoms with E-state index < -0.39 is 17.7 Å². The van der Waals surface area contributed by atoms with Crippen molar-refractivity contribution >= 4 is 10.9 Å². The number of rotatable bonds is 3. The van der Waals surface area contributed by atoms with Crippen molar-refractivity contribution in [1.82, 2.24) is 4.98 Å². The van der Waals surface area contributed by atoms with Crippen molar-refractivity contribution in [2.24, 2.45) is 0 Å². The summed E-state index contributed by atoms with van der Waals surface area (Å²) < 4.78 is 28.7. The maximum atomic E-state index is 14.4. The normalized spacial score (nSPS) is 12.1. The van der Waals surface area contributed by atoms with Gasteiger partial charge in [0, 0.05) is 23.1 Å². The standard InChI is InChI=1S/C20H15F2NO/c1-3-16(24)11-15-6-8-17(20(22)19(15)21)13-7-9-18-14(10-13)5-4-12(2)23-18/h1,4-10,16,24H,11H2,2H3. The molecule has 0 aliphatic rings. The summed E-state index contributed by atoms with van der Waals surface area (Å²) in [7, 11) is 0. The minimum Gasteiger partial charge on any atom is -0.380 e. The monoisotopic (exact) mass is 323 g/mol. The van der Waals surface area contributed by atoms with Crippen LogP contribution >= 0.6 is 0 Å². The molecule has 0 bridgehead atoms. The second-order valence-electron chi connectivity index (χ2n) is 5.65. The van der Waals surface area contributed by atoms with Gasteiger partial charge in [0.1, 0.15) is 6.10 Å². The molecular weight excluding hydrogens is 308 g/mol. The Labute approximate surface area is 138 Å². The van der Waals surface area contributed by atoms with E-state index in [4.69, 9.17) is 6.42 Å². The predicted octanol–water partition coefficient (Wildman–Crippen LogP) is 4.03. The molecule has 0 fully saturated rings. The quantitative estimate of drug-likeness (QED) is 0.738. The van der Waals surface area contributed by atoms with Crippen LogP contribution in [0.4, 0.5) is 8.78 Å². The molecule has 2 nitrogen and oxygen atoms in total. The third-order valence-electron chi connectivity index (χ3n) is 3.91. The maximum Gasteiger partial charge on any atom is 0.166 e. The fourth-order valence-electron chi connectivity index (χ4n) is 2.63. The van der Waals surface area contributed by atoms with Crippen LogP contribution < -0.4 is 0 Å². The summed E-state index contributed by atoms with van der Waals surface area (Å²) in [5.74, 6) is 0.160. The molecule has 0 saturated carbocycles. The lowest BCUT2D eigenvalue weighted by Crippen LogP contribution is -2.09. The highest BCUT2D eigenvalue weighted by atomic mass is 19.2. The summed E-state index contributed by atoms with van der Waals surface area (Å²) in [6, 6.07) is 12.0. The molecule has 0 aliphatic heterocycles. The number of aliphatic hydroxyl groups is 1. The van der Waals surface area contributed by atoms with E-state index in [0.29, 0.717) is 5.56 Å². The van der Waals surface area contributed by atoms with Crippen LogP contribution in [-0.4, -0.2) is 16.2 Å². The van der Waals surface area contributed by atoms with Crippen molar-refractivity contribution < 1.29 is 13.9 Å². The molecule has 2 aromatic carbocycles. The van der Waals surface area contributed by atoms with Gasteiger partial charge in [-0.25, -0.2) is 8.78 Å². The van der Waals surface area contributed by atoms with E-state index in [2.05, 4.69) is 10.9 Å². The molecule has 0 aliphatic carbocycles. The zero-order chi connectivity index (χ0) is 17.3. The van der Waals surface area contributed by atoms with Crippen molar-refractivity contribution in [1.29, 1.82) is 0 Å². The van der Waals surface area contributed by atoms with Gasteiger partial charge in [-0.2, -0.15) is 0 Å². The second-order valence-corrected chi connectivity index (χ2v) is 5.65. The van der Waals surface area contributed by atoms with E-state index in [9.17, 15) is 13.9 Å². The molecular formula is C20H15F2NO. The number of aromatic nitrogens is 1. The third kappa shape index (κ3) is 2.99. The van der Waals surface area contributed by atoms with E-state index in [1.54, 1.807) is 18.2 Å². The second kappa shape index (κ2) is 6.38. The number of hydrogen-bond donors (Lipinski definition) is 1. The van der Waals surface area contributed by atoms with Crippen molar-refractivity contribution in [3.05, 3.63) is 65.4 Å². The molecule has 120 valence electrons. The number of benzene rings is 2. The van der Waals surface area contributed by atoms with E-state index in [-0.39, 0.29) is 17.5 Å². The Kier molecular flexibility index (Phi) is 4.28. The topological polar surface area (TPSA) is 33.1 Å². The Hall–Kier alpha value is -2.77. The van der Waals surface area contributed by atoms with Gasteiger partial charge in [-0.05, 0) is 36.2 Å². The Bertz CT molecular complexity index is 960. The minimum absolute atomic E-state index is 0.0554. The van der Waals surface area contributed by atoms with Crippen LogP contribution in [0.3, 0.4) is 0 Å². The molecule has 1 aromatic heterocycles. The highest BCUT2D eigenvalue weighted by Gasteiger charge is 2.16. The summed E-state index contributed by atoms with van der Waals surface area (Å²) in [6.07, 6.45) is 3.81. The lowest BCUT2D eigenvalue weighted by molar-refractivity contribution is 0.231. The van der Waals surface area contributed by atoms with Crippen molar-refractivity contribution in [3.8, 4) is 23.5 Å². The molecule has 0 spiro atoms. The molecule has 0 amide bonds. The van der Waals surface area contributed by atoms with Crippen LogP contribution in [0.15, 0.2) is 42.5 Å². The van der Waals surface area contributed by atoms with E-state index in [1.807, 2.05) is 19.1 Å². The Morgan fingerprint density at radius 2 is 1.92 bits per heavy atom. The smallest absolute Gasteiger partial charge is 0.166 e. The zero-order valence-electron chi connectivity index (χ0n) is 13.1. The fourth-order valence-corrected chi connectivity index (χ4v) is 2.63. The molecule has 0 saturated heterocycles. The van der Waals surface area contributed by atoms with Gasteiger partial charge in [0.05, 0.1) is 5.52 Å². The van der Waals surface area contributed by atoms with Gasteiger partial charge in [-0.1, -0.05) is 30.2 Å². The van der Waals surface area contributed by atoms with Crippen LogP contribution in [-0.2, 0) is 6.42 Å². The predicted molar refractivity (Wildman–Crippen MR) is 90.4 cm³/mol. The molecule has 3 rings (SSSR count). The van der Waals surface area contributed by atoms with Crippen LogP contribution in [0.1, 0.15) is 11.3 Å². The largest absolute Gasteiger partial charge is 0.380 e. The molecule has 24 heavy (non-hydrogen) atoms. The number of fused-ring (bicyclic) bond motifs is 1. The van der Waals surface area contributed by atoms with E-state index >= 15 is 0 Å². The Morgan fingerprint density at radius 1 is 1.12 bits per heavy atom. The number of nitrogens with zero attached hydrogens (tertiary/aromatic N) is 1. The molecule has 3 aromatic rings. The highest BCUT2D eigenvalue weighted by Crippen LogP contribution is 2.29. The van der Waals surface area contributed by atoms with Crippen molar-refractivity contribution in [3.63, 3.8) is 0 Å². The lowest BCUT2D eigenvalue weighted by Gasteiger charge is -2.10. The average molecular weight is 323 g/mol. The van der Waals surface area contributed by atoms with E-state index in [0.717, 1.165) is 16.6 Å². The SMILES string of the molecule is C#CC(O)Cc1ccc(-c2ccc3nc(C)ccc3c2)c(F)c1F. The maximum absolute atomic E-state index is 14.4. The summed E-state index contributed by atoms with van der Waals surface area (Å²) in [4.78, 5) is 4.39. The average Bonchev–Trinajstić information content (AvgIpc) is 2.58. The van der Waals surface area contributed by atoms with E-state index in [1.165, 1.54) is 12.1 Å². The first kappa shape index (κ1) is 16.1. The summed E-state index contributed by atoms with van der Waals surface area (Å²) >= 11 is 0. The molecule has 1 heterocycles. The summed E-state index contributed by atoms with van der Waals surface area (Å²) in [6.45, 7) is 1.89. The molecule has 1 N–H and O–H groups in total. The van der Waals surface area contributed by atoms with Gasteiger partial charge in [0.25, 0.3) is 0 Å². The van der Waals surface area contributed by atoms with Crippen LogP contribution in [0.5, 0.6) is 0 Å². The third-order valence-corrected chi connectivity index (χ3v) is 3.91. The van der Waals surface area contributed by atoms with Gasteiger partial charge in [0.2, 0.25) is 0 Å². The number of halogens is 2. The Morgan fingerprint density at radius 3 is 2.67 bits per heavy atom. The molecule has 1 unspecified atom stereocenters. The van der Waals surface area contributed by atoms with Crippen LogP contribution in [0, 0.1) is 30.9 Å². The van der Waals surface area contributed by atoms with Gasteiger partial charge < -0.3 is 5.11 Å². The molecule has 1 atom stereocenters. The van der Waals surface area contributed by atoms with Gasteiger partial charge >= 0.3 is 0 Å². The molecule has 0 radical (unpaired) electrons. The Balaban J connectivity index is 2.05. The summed E-state index contributed by atoms with van der Waals surface area (Å²) in [5.41, 5.74) is 2.47. The first-order chi connectivity index (χ1) is 11.5. The number of hydrogen-bond acceptors (Lipinski definition) is 2. The number of terminal acetylenes is 1. The fraction of sp³-hybridized carbons (Fsp3) is 0.150. The molecule has 4 heteroatoms. The van der Waals surface area contributed by atoms with Gasteiger partial charge in [-0.15, -0.1) is 6.42 Å².